The van der Waals surface area contributed by atoms with Gasteiger partial charge in [-0.05, 0) is 44.6 Å². The SMILES string of the molecule is COc1c(Cl)cccc1Nc1c(-c2ccncc2OC[C@@H]2CCCN2C)[nH]c2c1C(=O)NCC2. The summed E-state index contributed by atoms with van der Waals surface area (Å²) in [5.41, 5.74) is 4.38. The van der Waals surface area contributed by atoms with Gasteiger partial charge in [-0.2, -0.15) is 0 Å². The molecule has 34 heavy (non-hydrogen) atoms. The lowest BCUT2D eigenvalue weighted by atomic mass is 10.0. The van der Waals surface area contributed by atoms with Crippen molar-refractivity contribution in [2.24, 2.45) is 0 Å². The van der Waals surface area contributed by atoms with Crippen LogP contribution in [0.1, 0.15) is 28.9 Å². The maximum absolute atomic E-state index is 12.9. The molecule has 178 valence electrons. The van der Waals surface area contributed by atoms with Crippen LogP contribution in [0.3, 0.4) is 0 Å². The Kier molecular flexibility index (Phi) is 6.34. The molecule has 2 aliphatic rings. The highest BCUT2D eigenvalue weighted by atomic mass is 35.5. The van der Waals surface area contributed by atoms with E-state index in [-0.39, 0.29) is 5.91 Å². The molecule has 2 aliphatic heterocycles. The third kappa shape index (κ3) is 4.19. The van der Waals surface area contributed by atoms with Crippen LogP contribution < -0.4 is 20.1 Å². The van der Waals surface area contributed by atoms with Gasteiger partial charge in [0, 0.05) is 36.5 Å². The molecule has 5 rings (SSSR count). The van der Waals surface area contributed by atoms with Gasteiger partial charge in [-0.25, -0.2) is 0 Å². The van der Waals surface area contributed by atoms with Crippen molar-refractivity contribution in [1.29, 1.82) is 0 Å². The van der Waals surface area contributed by atoms with Gasteiger partial charge in [-0.1, -0.05) is 17.7 Å². The van der Waals surface area contributed by atoms with E-state index in [1.165, 1.54) is 6.42 Å². The molecule has 8 nitrogen and oxygen atoms in total. The predicted molar refractivity (Wildman–Crippen MR) is 132 cm³/mol. The van der Waals surface area contributed by atoms with E-state index in [9.17, 15) is 4.79 Å². The average Bonchev–Trinajstić information content (AvgIpc) is 3.42. The number of methoxy groups -OCH3 is 1. The fraction of sp³-hybridized carbons (Fsp3) is 0.360. The van der Waals surface area contributed by atoms with Gasteiger partial charge in [0.2, 0.25) is 0 Å². The van der Waals surface area contributed by atoms with Crippen LogP contribution in [0.4, 0.5) is 11.4 Å². The summed E-state index contributed by atoms with van der Waals surface area (Å²) in [5.74, 6) is 1.05. The largest absolute Gasteiger partial charge is 0.493 e. The molecule has 0 aliphatic carbocycles. The number of aromatic amines is 1. The zero-order valence-electron chi connectivity index (χ0n) is 19.3. The number of carbonyl (C=O) groups excluding carboxylic acids is 1. The Morgan fingerprint density at radius 3 is 3.00 bits per heavy atom. The summed E-state index contributed by atoms with van der Waals surface area (Å²) in [6.07, 6.45) is 6.46. The number of nitrogens with one attached hydrogen (secondary N) is 3. The molecule has 1 saturated heterocycles. The molecule has 0 bridgehead atoms. The monoisotopic (exact) mass is 481 g/mol. The number of hydrogen-bond donors (Lipinski definition) is 3. The number of para-hydroxylation sites is 1. The maximum atomic E-state index is 12.9. The Morgan fingerprint density at radius 2 is 2.21 bits per heavy atom. The van der Waals surface area contributed by atoms with E-state index in [2.05, 4.69) is 32.5 Å². The van der Waals surface area contributed by atoms with E-state index in [1.54, 1.807) is 25.6 Å². The number of nitrogens with zero attached hydrogens (tertiary/aromatic N) is 2. The van der Waals surface area contributed by atoms with Gasteiger partial charge in [-0.15, -0.1) is 0 Å². The average molecular weight is 482 g/mol. The molecule has 0 saturated carbocycles. The zero-order valence-corrected chi connectivity index (χ0v) is 20.0. The van der Waals surface area contributed by atoms with Crippen molar-refractivity contribution < 1.29 is 14.3 Å². The van der Waals surface area contributed by atoms with E-state index in [0.29, 0.717) is 59.1 Å². The first-order valence-corrected chi connectivity index (χ1v) is 11.8. The van der Waals surface area contributed by atoms with Crippen molar-refractivity contribution >= 4 is 28.9 Å². The minimum atomic E-state index is -0.128. The van der Waals surface area contributed by atoms with Crippen LogP contribution in [-0.2, 0) is 6.42 Å². The van der Waals surface area contributed by atoms with Crippen LogP contribution in [0.25, 0.3) is 11.3 Å². The zero-order chi connectivity index (χ0) is 23.7. The first-order valence-electron chi connectivity index (χ1n) is 11.5. The number of amides is 1. The summed E-state index contributed by atoms with van der Waals surface area (Å²) in [7, 11) is 3.70. The second kappa shape index (κ2) is 9.56. The number of anilines is 2. The van der Waals surface area contributed by atoms with E-state index < -0.39 is 0 Å². The Bertz CT molecular complexity index is 1210. The molecule has 4 heterocycles. The molecular weight excluding hydrogens is 454 g/mol. The summed E-state index contributed by atoms with van der Waals surface area (Å²) in [5, 5.41) is 6.84. The molecule has 2 aromatic heterocycles. The predicted octanol–water partition coefficient (Wildman–Crippen LogP) is 4.24. The molecule has 9 heteroatoms. The molecule has 1 aromatic carbocycles. The highest BCUT2D eigenvalue weighted by Gasteiger charge is 2.29. The number of likely N-dealkylation sites (tertiary alicyclic amines) is 1. The molecule has 0 unspecified atom stereocenters. The summed E-state index contributed by atoms with van der Waals surface area (Å²) < 4.78 is 11.8. The Labute approximate surface area is 203 Å². The maximum Gasteiger partial charge on any atom is 0.255 e. The lowest BCUT2D eigenvalue weighted by molar-refractivity contribution is 0.0947. The molecule has 1 atom stereocenters. The van der Waals surface area contributed by atoms with E-state index >= 15 is 0 Å². The van der Waals surface area contributed by atoms with Crippen LogP contribution in [0, 0.1) is 0 Å². The number of hydrogen-bond acceptors (Lipinski definition) is 6. The summed E-state index contributed by atoms with van der Waals surface area (Å²) in [6, 6.07) is 7.76. The van der Waals surface area contributed by atoms with E-state index in [4.69, 9.17) is 21.1 Å². The van der Waals surface area contributed by atoms with E-state index in [1.807, 2.05) is 18.2 Å². The van der Waals surface area contributed by atoms with Gasteiger partial charge in [0.25, 0.3) is 5.91 Å². The van der Waals surface area contributed by atoms with Gasteiger partial charge >= 0.3 is 0 Å². The lowest BCUT2D eigenvalue weighted by Gasteiger charge is -2.21. The van der Waals surface area contributed by atoms with Gasteiger partial charge in [-0.3, -0.25) is 9.78 Å². The van der Waals surface area contributed by atoms with Crippen LogP contribution in [0.5, 0.6) is 11.5 Å². The third-order valence-corrected chi connectivity index (χ3v) is 6.85. The number of fused-ring (bicyclic) bond motifs is 1. The molecule has 1 fully saturated rings. The molecule has 1 amide bonds. The Hall–Kier alpha value is -3.23. The number of benzene rings is 1. The summed E-state index contributed by atoms with van der Waals surface area (Å²) in [4.78, 5) is 23.0. The molecule has 3 N–H and O–H groups in total. The Balaban J connectivity index is 1.57. The number of rotatable bonds is 7. The Morgan fingerprint density at radius 1 is 1.32 bits per heavy atom. The third-order valence-electron chi connectivity index (χ3n) is 6.55. The van der Waals surface area contributed by atoms with Gasteiger partial charge in [0.05, 0.1) is 41.0 Å². The second-order valence-electron chi connectivity index (χ2n) is 8.64. The van der Waals surface area contributed by atoms with Crippen LogP contribution in [0.15, 0.2) is 36.7 Å². The van der Waals surface area contributed by atoms with Crippen molar-refractivity contribution in [3.63, 3.8) is 0 Å². The van der Waals surface area contributed by atoms with Crippen LogP contribution in [0.2, 0.25) is 5.02 Å². The lowest BCUT2D eigenvalue weighted by Crippen LogP contribution is -2.31. The van der Waals surface area contributed by atoms with Crippen molar-refractivity contribution in [1.82, 2.24) is 20.2 Å². The van der Waals surface area contributed by atoms with Crippen molar-refractivity contribution in [2.45, 2.75) is 25.3 Å². The van der Waals surface area contributed by atoms with Crippen LogP contribution in [-0.4, -0.2) is 60.7 Å². The summed E-state index contributed by atoms with van der Waals surface area (Å²) >= 11 is 6.35. The fourth-order valence-electron chi connectivity index (χ4n) is 4.73. The second-order valence-corrected chi connectivity index (χ2v) is 9.05. The minimum Gasteiger partial charge on any atom is -0.493 e. The fourth-order valence-corrected chi connectivity index (χ4v) is 4.98. The van der Waals surface area contributed by atoms with E-state index in [0.717, 1.165) is 29.9 Å². The first kappa shape index (κ1) is 22.6. The first-order chi connectivity index (χ1) is 16.6. The van der Waals surface area contributed by atoms with Gasteiger partial charge < -0.3 is 30.0 Å². The number of H-pyrrole nitrogens is 1. The van der Waals surface area contributed by atoms with Gasteiger partial charge in [0.1, 0.15) is 12.4 Å². The molecule has 0 spiro atoms. The van der Waals surface area contributed by atoms with Crippen molar-refractivity contribution in [3.8, 4) is 22.8 Å². The number of ether oxygens (including phenoxy) is 2. The highest BCUT2D eigenvalue weighted by Crippen LogP contribution is 2.42. The van der Waals surface area contributed by atoms with Crippen molar-refractivity contribution in [2.75, 3.05) is 39.2 Å². The smallest absolute Gasteiger partial charge is 0.255 e. The topological polar surface area (TPSA) is 91.5 Å². The number of likely N-dealkylation sites (N-methyl/N-ethyl adjacent to an activating group) is 1. The number of carbonyl (C=O) groups is 1. The summed E-state index contributed by atoms with van der Waals surface area (Å²) in [6.45, 7) is 2.25. The number of aromatic nitrogens is 2. The number of pyridine rings is 1. The van der Waals surface area contributed by atoms with Crippen LogP contribution >= 0.6 is 11.6 Å². The molecule has 0 radical (unpaired) electrons. The highest BCUT2D eigenvalue weighted by molar-refractivity contribution is 6.32. The van der Waals surface area contributed by atoms with Gasteiger partial charge in [0.15, 0.2) is 5.75 Å². The molecule has 3 aromatic rings. The standard InChI is InChI=1S/C25H28ClN5O3/c1-31-12-4-5-15(31)14-34-20-13-27-10-8-16(20)22-23(21-18(29-22)9-11-28-25(21)32)30-19-7-3-6-17(26)24(19)33-2/h3,6-8,10,13,15,29-30H,4-5,9,11-12,14H2,1-2H3,(H,28,32)/t15-/m0/s1. The van der Waals surface area contributed by atoms with Crippen molar-refractivity contribution in [3.05, 3.63) is 52.9 Å². The quantitative estimate of drug-likeness (QED) is 0.467. The normalized spacial score (nSPS) is 17.9. The minimum absolute atomic E-state index is 0.128. The molecular formula is C25H28ClN5O3. The number of halogens is 1.